The summed E-state index contributed by atoms with van der Waals surface area (Å²) in [5.74, 6) is -1.32. The molecule has 0 aliphatic carbocycles. The molecule has 3 aromatic carbocycles. The van der Waals surface area contributed by atoms with Gasteiger partial charge in [0.1, 0.15) is 0 Å². The van der Waals surface area contributed by atoms with Gasteiger partial charge < -0.3 is 5.11 Å². The van der Waals surface area contributed by atoms with Crippen LogP contribution >= 0.6 is 11.6 Å². The maximum Gasteiger partial charge on any atom is 0.294 e. The Hall–Kier alpha value is -3.37. The molecule has 150 valence electrons. The number of ketones is 1. The zero-order chi connectivity index (χ0) is 21.1. The number of aliphatic hydroxyl groups excluding tert-OH is 1. The highest BCUT2D eigenvalue weighted by atomic mass is 35.5. The van der Waals surface area contributed by atoms with Crippen LogP contribution in [0.15, 0.2) is 96.3 Å². The first kappa shape index (κ1) is 19.9. The lowest BCUT2D eigenvalue weighted by molar-refractivity contribution is -0.118. The minimum atomic E-state index is -0.692. The highest BCUT2D eigenvalue weighted by Gasteiger charge is 2.43. The first-order valence-corrected chi connectivity index (χ1v) is 10.1. The number of hydrogen-bond donors (Lipinski definition) is 1. The molecule has 3 aromatic rings. The van der Waals surface area contributed by atoms with E-state index in [9.17, 15) is 14.7 Å². The highest BCUT2D eigenvalue weighted by Crippen LogP contribution is 2.41. The van der Waals surface area contributed by atoms with Gasteiger partial charge in [-0.2, -0.15) is 0 Å². The second-order valence-corrected chi connectivity index (χ2v) is 7.57. The molecule has 5 heteroatoms. The van der Waals surface area contributed by atoms with Gasteiger partial charge in [0, 0.05) is 17.1 Å². The molecule has 0 spiro atoms. The van der Waals surface area contributed by atoms with Crippen LogP contribution in [0, 0.1) is 0 Å². The standard InChI is InChI=1S/C25H20ClNO3/c26-19-12-14-20(15-13-19)27-23(18-9-5-2-6-10-18)22(24(29)25(27)30)21(28)16-11-17-7-3-1-4-8-17/h1-10,12-15,23,29H,11,16H2. The van der Waals surface area contributed by atoms with Crippen molar-refractivity contribution in [3.05, 3.63) is 112 Å². The number of nitrogens with zero attached hydrogens (tertiary/aromatic N) is 1. The van der Waals surface area contributed by atoms with Crippen LogP contribution in [-0.4, -0.2) is 16.8 Å². The van der Waals surface area contributed by atoms with E-state index in [1.165, 1.54) is 4.90 Å². The molecule has 0 saturated carbocycles. The van der Waals surface area contributed by atoms with Gasteiger partial charge in [-0.3, -0.25) is 14.5 Å². The Morgan fingerprint density at radius 2 is 1.50 bits per heavy atom. The van der Waals surface area contributed by atoms with Gasteiger partial charge in [-0.05, 0) is 41.8 Å². The summed E-state index contributed by atoms with van der Waals surface area (Å²) >= 11 is 6.00. The molecular weight excluding hydrogens is 398 g/mol. The molecule has 0 fully saturated rings. The van der Waals surface area contributed by atoms with Crippen molar-refractivity contribution < 1.29 is 14.7 Å². The van der Waals surface area contributed by atoms with Crippen molar-refractivity contribution >= 4 is 29.0 Å². The molecule has 0 radical (unpaired) electrons. The van der Waals surface area contributed by atoms with Gasteiger partial charge in [0.25, 0.3) is 5.91 Å². The minimum Gasteiger partial charge on any atom is -0.503 e. The number of hydrogen-bond acceptors (Lipinski definition) is 3. The largest absolute Gasteiger partial charge is 0.503 e. The molecule has 1 N–H and O–H groups in total. The van der Waals surface area contributed by atoms with E-state index < -0.39 is 17.7 Å². The van der Waals surface area contributed by atoms with Crippen LogP contribution in [0.3, 0.4) is 0 Å². The van der Waals surface area contributed by atoms with Crippen LogP contribution in [0.2, 0.25) is 5.02 Å². The third-order valence-electron chi connectivity index (χ3n) is 5.21. The van der Waals surface area contributed by atoms with E-state index in [0.29, 0.717) is 17.1 Å². The zero-order valence-corrected chi connectivity index (χ0v) is 16.9. The molecule has 1 atom stereocenters. The molecule has 4 nitrogen and oxygen atoms in total. The monoisotopic (exact) mass is 417 g/mol. The summed E-state index contributed by atoms with van der Waals surface area (Å²) < 4.78 is 0. The van der Waals surface area contributed by atoms with Crippen molar-refractivity contribution in [3.8, 4) is 0 Å². The lowest BCUT2D eigenvalue weighted by atomic mass is 9.93. The lowest BCUT2D eigenvalue weighted by Crippen LogP contribution is -2.31. The van der Waals surface area contributed by atoms with Crippen molar-refractivity contribution in [2.75, 3.05) is 4.90 Å². The summed E-state index contributed by atoms with van der Waals surface area (Å²) in [4.78, 5) is 27.6. The summed E-state index contributed by atoms with van der Waals surface area (Å²) in [5, 5.41) is 11.2. The second-order valence-electron chi connectivity index (χ2n) is 7.14. The average Bonchev–Trinajstić information content (AvgIpc) is 3.05. The number of aryl methyl sites for hydroxylation is 1. The minimum absolute atomic E-state index is 0.136. The predicted molar refractivity (Wildman–Crippen MR) is 118 cm³/mol. The number of Topliss-reactive ketones (excluding diaryl/α,β-unsaturated/α-hetero) is 1. The van der Waals surface area contributed by atoms with Gasteiger partial charge in [0.15, 0.2) is 11.5 Å². The number of halogens is 1. The van der Waals surface area contributed by atoms with E-state index in [-0.39, 0.29) is 17.8 Å². The number of rotatable bonds is 6. The Bertz CT molecular complexity index is 1090. The fourth-order valence-electron chi connectivity index (χ4n) is 3.75. The number of benzene rings is 3. The fraction of sp³-hybridized carbons (Fsp3) is 0.120. The zero-order valence-electron chi connectivity index (χ0n) is 16.2. The maximum atomic E-state index is 13.2. The molecule has 0 aromatic heterocycles. The Morgan fingerprint density at radius 1 is 0.900 bits per heavy atom. The summed E-state index contributed by atoms with van der Waals surface area (Å²) in [5.41, 5.74) is 2.49. The predicted octanol–water partition coefficient (Wildman–Crippen LogP) is 5.44. The first-order chi connectivity index (χ1) is 14.6. The molecule has 30 heavy (non-hydrogen) atoms. The molecule has 1 heterocycles. The van der Waals surface area contributed by atoms with Gasteiger partial charge in [0.05, 0.1) is 11.6 Å². The Kier molecular flexibility index (Phi) is 5.68. The summed E-state index contributed by atoms with van der Waals surface area (Å²) in [6.45, 7) is 0. The third kappa shape index (κ3) is 3.87. The van der Waals surface area contributed by atoms with Gasteiger partial charge in [0.2, 0.25) is 0 Å². The van der Waals surface area contributed by atoms with E-state index >= 15 is 0 Å². The average molecular weight is 418 g/mol. The van der Waals surface area contributed by atoms with Crippen molar-refractivity contribution in [2.45, 2.75) is 18.9 Å². The van der Waals surface area contributed by atoms with Crippen molar-refractivity contribution in [3.63, 3.8) is 0 Å². The maximum absolute atomic E-state index is 13.2. The second kappa shape index (κ2) is 8.56. The SMILES string of the molecule is O=C(CCc1ccccc1)C1=C(O)C(=O)N(c2ccc(Cl)cc2)C1c1ccccc1. The Labute approximate surface area is 180 Å². The Balaban J connectivity index is 1.70. The third-order valence-corrected chi connectivity index (χ3v) is 5.46. The number of aliphatic hydroxyl groups is 1. The van der Waals surface area contributed by atoms with Crippen LogP contribution in [0.25, 0.3) is 0 Å². The highest BCUT2D eigenvalue weighted by molar-refractivity contribution is 6.30. The van der Waals surface area contributed by atoms with Crippen LogP contribution < -0.4 is 4.90 Å². The summed E-state index contributed by atoms with van der Waals surface area (Å²) in [7, 11) is 0. The van der Waals surface area contributed by atoms with Crippen LogP contribution in [0.5, 0.6) is 0 Å². The summed E-state index contributed by atoms with van der Waals surface area (Å²) in [6.07, 6.45) is 0.738. The van der Waals surface area contributed by atoms with Gasteiger partial charge >= 0.3 is 0 Å². The van der Waals surface area contributed by atoms with E-state index in [2.05, 4.69) is 0 Å². The van der Waals surface area contributed by atoms with E-state index in [0.717, 1.165) is 11.1 Å². The molecular formula is C25H20ClNO3. The summed E-state index contributed by atoms with van der Waals surface area (Å²) in [6, 6.07) is 25.0. The number of anilines is 1. The van der Waals surface area contributed by atoms with Crippen LogP contribution in [0.1, 0.15) is 23.6 Å². The number of amides is 1. The van der Waals surface area contributed by atoms with E-state index in [1.54, 1.807) is 24.3 Å². The van der Waals surface area contributed by atoms with E-state index in [4.69, 9.17) is 11.6 Å². The van der Waals surface area contributed by atoms with Crippen LogP contribution in [0.4, 0.5) is 5.69 Å². The molecule has 1 unspecified atom stereocenters. The van der Waals surface area contributed by atoms with Crippen molar-refractivity contribution in [1.82, 2.24) is 0 Å². The van der Waals surface area contributed by atoms with E-state index in [1.807, 2.05) is 60.7 Å². The first-order valence-electron chi connectivity index (χ1n) is 9.70. The van der Waals surface area contributed by atoms with Gasteiger partial charge in [-0.25, -0.2) is 0 Å². The molecule has 0 saturated heterocycles. The fourth-order valence-corrected chi connectivity index (χ4v) is 3.87. The number of carbonyl (C=O) groups excluding carboxylic acids is 2. The normalized spacial score (nSPS) is 16.2. The van der Waals surface area contributed by atoms with Crippen LogP contribution in [-0.2, 0) is 16.0 Å². The van der Waals surface area contributed by atoms with Gasteiger partial charge in [-0.1, -0.05) is 72.3 Å². The topological polar surface area (TPSA) is 57.6 Å². The van der Waals surface area contributed by atoms with Crippen molar-refractivity contribution in [1.29, 1.82) is 0 Å². The quantitative estimate of drug-likeness (QED) is 0.580. The molecule has 0 bridgehead atoms. The van der Waals surface area contributed by atoms with Gasteiger partial charge in [-0.15, -0.1) is 0 Å². The molecule has 1 aliphatic heterocycles. The lowest BCUT2D eigenvalue weighted by Gasteiger charge is -2.27. The molecule has 1 aliphatic rings. The Morgan fingerprint density at radius 3 is 2.13 bits per heavy atom. The smallest absolute Gasteiger partial charge is 0.294 e. The molecule has 4 rings (SSSR count). The van der Waals surface area contributed by atoms with Crippen molar-refractivity contribution in [2.24, 2.45) is 0 Å². The number of carbonyl (C=O) groups is 2. The molecule has 1 amide bonds.